The number of likely N-dealkylation sites (N-methyl/N-ethyl adjacent to an activating group) is 1. The van der Waals surface area contributed by atoms with Crippen LogP contribution in [0.1, 0.15) is 25.6 Å². The van der Waals surface area contributed by atoms with Crippen LogP contribution in [0.4, 0.5) is 11.4 Å². The molecule has 3 rings (SSSR count). The highest BCUT2D eigenvalue weighted by atomic mass is 16.3. The van der Waals surface area contributed by atoms with Crippen LogP contribution >= 0.6 is 0 Å². The quantitative estimate of drug-likeness (QED) is 0.666. The fourth-order valence-electron chi connectivity index (χ4n) is 3.35. The molecule has 1 fully saturated rings. The molecule has 1 saturated heterocycles. The topological polar surface area (TPSA) is 66.5 Å². The second-order valence-corrected chi connectivity index (χ2v) is 6.93. The zero-order valence-electron chi connectivity index (χ0n) is 15.7. The maximum Gasteiger partial charge on any atom is 0.279 e. The number of furan rings is 1. The lowest BCUT2D eigenvalue weighted by Gasteiger charge is -2.33. The molecule has 1 atom stereocenters. The molecule has 1 aromatic carbocycles. The zero-order valence-corrected chi connectivity index (χ0v) is 15.7. The zero-order chi connectivity index (χ0) is 18.4. The lowest BCUT2D eigenvalue weighted by Crippen LogP contribution is -3.14. The molecule has 0 aliphatic carbocycles. The molecule has 0 bridgehead atoms. The first-order valence-corrected chi connectivity index (χ1v) is 9.51. The maximum absolute atomic E-state index is 12.2. The lowest BCUT2D eigenvalue weighted by molar-refractivity contribution is -0.898. The van der Waals surface area contributed by atoms with E-state index in [0.29, 0.717) is 6.54 Å². The average Bonchev–Trinajstić information content (AvgIpc) is 3.22. The number of amides is 1. The van der Waals surface area contributed by atoms with Crippen LogP contribution in [0.3, 0.4) is 0 Å². The van der Waals surface area contributed by atoms with Crippen LogP contribution in [-0.2, 0) is 4.79 Å². The van der Waals surface area contributed by atoms with Crippen LogP contribution in [0.2, 0.25) is 0 Å². The molecule has 6 heteroatoms. The van der Waals surface area contributed by atoms with E-state index in [1.807, 2.05) is 36.5 Å². The summed E-state index contributed by atoms with van der Waals surface area (Å²) in [7, 11) is 0. The van der Waals surface area contributed by atoms with Gasteiger partial charge in [-0.25, -0.2) is 0 Å². The molecule has 140 valence electrons. The van der Waals surface area contributed by atoms with E-state index in [-0.39, 0.29) is 11.9 Å². The fourth-order valence-corrected chi connectivity index (χ4v) is 3.35. The van der Waals surface area contributed by atoms with Crippen LogP contribution in [-0.4, -0.2) is 45.2 Å². The van der Waals surface area contributed by atoms with Gasteiger partial charge >= 0.3 is 0 Å². The maximum atomic E-state index is 12.2. The van der Waals surface area contributed by atoms with Gasteiger partial charge in [-0.05, 0) is 50.2 Å². The van der Waals surface area contributed by atoms with E-state index in [0.717, 1.165) is 24.5 Å². The molecule has 2 aromatic rings. The number of rotatable bonds is 7. The Bertz CT molecular complexity index is 676. The smallest absolute Gasteiger partial charge is 0.279 e. The molecule has 0 spiro atoms. The Kier molecular flexibility index (Phi) is 6.30. The minimum Gasteiger partial charge on any atom is -0.463 e. The summed E-state index contributed by atoms with van der Waals surface area (Å²) >= 11 is 0. The number of benzene rings is 1. The first-order valence-electron chi connectivity index (χ1n) is 9.51. The summed E-state index contributed by atoms with van der Waals surface area (Å²) in [4.78, 5) is 16.2. The highest BCUT2D eigenvalue weighted by Crippen LogP contribution is 2.18. The van der Waals surface area contributed by atoms with E-state index in [2.05, 4.69) is 29.3 Å². The standard InChI is InChI=1S/C20H28N4O2/c1-3-23-10-12-24(13-11-23)18-8-6-17(7-9-18)22-20(25)15-21-16(2)19-5-4-14-26-19/h4-9,14,16,21H,3,10-13,15H2,1-2H3,(H,22,25)/p+2/t16-/m1/s1. The van der Waals surface area contributed by atoms with Crippen molar-refractivity contribution in [1.29, 1.82) is 0 Å². The number of carbonyl (C=O) groups excluding carboxylic acids is 1. The van der Waals surface area contributed by atoms with Gasteiger partial charge < -0.3 is 24.9 Å². The van der Waals surface area contributed by atoms with Gasteiger partial charge in [-0.15, -0.1) is 0 Å². The van der Waals surface area contributed by atoms with E-state index in [1.165, 1.54) is 25.3 Å². The predicted molar refractivity (Wildman–Crippen MR) is 102 cm³/mol. The third-order valence-corrected chi connectivity index (χ3v) is 5.14. The second kappa shape index (κ2) is 8.87. The highest BCUT2D eigenvalue weighted by molar-refractivity contribution is 5.91. The van der Waals surface area contributed by atoms with Crippen molar-refractivity contribution in [2.75, 3.05) is 49.5 Å². The van der Waals surface area contributed by atoms with Crippen molar-refractivity contribution in [2.45, 2.75) is 19.9 Å². The van der Waals surface area contributed by atoms with Crippen molar-refractivity contribution >= 4 is 17.3 Å². The molecule has 1 aliphatic heterocycles. The molecule has 26 heavy (non-hydrogen) atoms. The third kappa shape index (κ3) is 4.86. The summed E-state index contributed by atoms with van der Waals surface area (Å²) in [5.41, 5.74) is 2.08. The molecule has 0 radical (unpaired) electrons. The average molecular weight is 358 g/mol. The Morgan fingerprint density at radius 2 is 2.00 bits per heavy atom. The largest absolute Gasteiger partial charge is 0.463 e. The number of hydrogen-bond donors (Lipinski definition) is 3. The van der Waals surface area contributed by atoms with Gasteiger partial charge in [-0.2, -0.15) is 0 Å². The van der Waals surface area contributed by atoms with E-state index >= 15 is 0 Å². The van der Waals surface area contributed by atoms with E-state index in [4.69, 9.17) is 4.42 Å². The van der Waals surface area contributed by atoms with Crippen molar-refractivity contribution in [3.05, 3.63) is 48.4 Å². The molecule has 0 saturated carbocycles. The summed E-state index contributed by atoms with van der Waals surface area (Å²) in [6.07, 6.45) is 1.66. The predicted octanol–water partition coefficient (Wildman–Crippen LogP) is 0.268. The first-order chi connectivity index (χ1) is 12.7. The Morgan fingerprint density at radius 1 is 1.27 bits per heavy atom. The third-order valence-electron chi connectivity index (χ3n) is 5.14. The van der Waals surface area contributed by atoms with Crippen LogP contribution in [0, 0.1) is 0 Å². The monoisotopic (exact) mass is 358 g/mol. The van der Waals surface area contributed by atoms with Gasteiger partial charge in [-0.1, -0.05) is 0 Å². The SMILES string of the molecule is CC[NH+]1CCN(c2ccc(NC(=O)C[NH2+][C@H](C)c3ccco3)cc2)CC1. The van der Waals surface area contributed by atoms with Crippen LogP contribution in [0.5, 0.6) is 0 Å². The second-order valence-electron chi connectivity index (χ2n) is 6.93. The van der Waals surface area contributed by atoms with Gasteiger partial charge in [0.15, 0.2) is 12.3 Å². The first kappa shape index (κ1) is 18.5. The summed E-state index contributed by atoms with van der Waals surface area (Å²) < 4.78 is 5.36. The van der Waals surface area contributed by atoms with Crippen molar-refractivity contribution in [3.63, 3.8) is 0 Å². The number of quaternary nitrogens is 2. The van der Waals surface area contributed by atoms with Gasteiger partial charge in [0.2, 0.25) is 0 Å². The Labute approximate surface area is 155 Å². The van der Waals surface area contributed by atoms with E-state index in [9.17, 15) is 4.79 Å². The van der Waals surface area contributed by atoms with Crippen molar-refractivity contribution in [3.8, 4) is 0 Å². The number of carbonyl (C=O) groups is 1. The van der Waals surface area contributed by atoms with Gasteiger partial charge in [0.05, 0.1) is 39.0 Å². The molecule has 2 heterocycles. The number of nitrogens with one attached hydrogen (secondary N) is 2. The van der Waals surface area contributed by atoms with Gasteiger partial charge in [-0.3, -0.25) is 4.79 Å². The molecular formula is C20H30N4O2+2. The minimum absolute atomic E-state index is 0.00341. The Hall–Kier alpha value is -2.31. The van der Waals surface area contributed by atoms with Crippen molar-refractivity contribution in [1.82, 2.24) is 0 Å². The van der Waals surface area contributed by atoms with Crippen molar-refractivity contribution in [2.24, 2.45) is 0 Å². The number of nitrogens with two attached hydrogens (primary N) is 1. The van der Waals surface area contributed by atoms with E-state index < -0.39 is 0 Å². The minimum atomic E-state index is -0.00341. The number of anilines is 2. The molecular weight excluding hydrogens is 328 g/mol. The van der Waals surface area contributed by atoms with Crippen LogP contribution in [0.25, 0.3) is 0 Å². The summed E-state index contributed by atoms with van der Waals surface area (Å²) in [6.45, 7) is 10.4. The fraction of sp³-hybridized carbons (Fsp3) is 0.450. The molecule has 4 N–H and O–H groups in total. The molecule has 1 amide bonds. The number of piperazine rings is 1. The molecule has 1 aliphatic rings. The lowest BCUT2D eigenvalue weighted by atomic mass is 10.2. The summed E-state index contributed by atoms with van der Waals surface area (Å²) in [5, 5.41) is 4.94. The van der Waals surface area contributed by atoms with Gasteiger partial charge in [0.25, 0.3) is 5.91 Å². The Balaban J connectivity index is 1.45. The van der Waals surface area contributed by atoms with Gasteiger partial charge in [0, 0.05) is 11.4 Å². The van der Waals surface area contributed by atoms with Crippen LogP contribution < -0.4 is 20.4 Å². The Morgan fingerprint density at radius 3 is 2.62 bits per heavy atom. The normalized spacial score (nSPS) is 16.5. The number of nitrogens with zero attached hydrogens (tertiary/aromatic N) is 1. The summed E-state index contributed by atoms with van der Waals surface area (Å²) in [6, 6.07) is 12.1. The highest BCUT2D eigenvalue weighted by Gasteiger charge is 2.18. The number of hydrogen-bond acceptors (Lipinski definition) is 3. The van der Waals surface area contributed by atoms with E-state index in [1.54, 1.807) is 11.2 Å². The van der Waals surface area contributed by atoms with Crippen LogP contribution in [0.15, 0.2) is 47.1 Å². The van der Waals surface area contributed by atoms with Crippen molar-refractivity contribution < 1.29 is 19.4 Å². The molecule has 1 aromatic heterocycles. The molecule has 0 unspecified atom stereocenters. The van der Waals surface area contributed by atoms with Gasteiger partial charge in [0.1, 0.15) is 6.04 Å². The molecule has 6 nitrogen and oxygen atoms in total. The summed E-state index contributed by atoms with van der Waals surface area (Å²) in [5.74, 6) is 0.878.